The summed E-state index contributed by atoms with van der Waals surface area (Å²) in [5.41, 5.74) is 0. The lowest BCUT2D eigenvalue weighted by Gasteiger charge is -2.27. The number of hydrogen-bond donors (Lipinski definition) is 4. The van der Waals surface area contributed by atoms with Gasteiger partial charge in [0, 0.05) is 0 Å². The fourth-order valence-electron chi connectivity index (χ4n) is 1.11. The predicted molar refractivity (Wildman–Crippen MR) is 50.8 cm³/mol. The summed E-state index contributed by atoms with van der Waals surface area (Å²) in [5, 5.41) is 36.1. The van der Waals surface area contributed by atoms with E-state index in [1.54, 1.807) is 6.92 Å². The van der Waals surface area contributed by atoms with Gasteiger partial charge in [0.15, 0.2) is 0 Å². The minimum absolute atomic E-state index is 0.313. The average Bonchev–Trinajstić information content (AvgIpc) is 2.18. The number of aliphatic hydroxyl groups excluding tert-OH is 4. The molecule has 0 fully saturated rings. The Hall–Kier alpha value is -0.200. The van der Waals surface area contributed by atoms with Crippen molar-refractivity contribution in [1.82, 2.24) is 0 Å². The Bertz CT molecular complexity index is 139. The minimum atomic E-state index is -0.979. The summed E-state index contributed by atoms with van der Waals surface area (Å²) in [6.45, 7) is 2.59. The zero-order chi connectivity index (χ0) is 11.1. The molecule has 0 bridgehead atoms. The van der Waals surface area contributed by atoms with Crippen LogP contribution >= 0.6 is 0 Å². The standard InChI is InChI=1S/C9H20O5/c1-3-8(7(13)4-10)14-9(5-11)6(2)12/h6-13H,3-5H2,1-2H3/t6-,7+,8?,9?/m1/s1. The van der Waals surface area contributed by atoms with E-state index in [0.717, 1.165) is 0 Å². The van der Waals surface area contributed by atoms with Crippen molar-refractivity contribution in [3.63, 3.8) is 0 Å². The molecule has 0 heterocycles. The second-order valence-corrected chi connectivity index (χ2v) is 3.29. The van der Waals surface area contributed by atoms with E-state index in [0.29, 0.717) is 6.42 Å². The third-order valence-electron chi connectivity index (χ3n) is 2.09. The van der Waals surface area contributed by atoms with Crippen molar-refractivity contribution in [2.45, 2.75) is 44.7 Å². The van der Waals surface area contributed by atoms with Crippen molar-refractivity contribution >= 4 is 0 Å². The van der Waals surface area contributed by atoms with E-state index >= 15 is 0 Å². The smallest absolute Gasteiger partial charge is 0.107 e. The first-order chi connectivity index (χ1) is 6.56. The van der Waals surface area contributed by atoms with Gasteiger partial charge in [-0.25, -0.2) is 0 Å². The summed E-state index contributed by atoms with van der Waals surface area (Å²) < 4.78 is 5.25. The van der Waals surface area contributed by atoms with Crippen LogP contribution in [0.5, 0.6) is 0 Å². The largest absolute Gasteiger partial charge is 0.394 e. The van der Waals surface area contributed by atoms with Crippen LogP contribution in [-0.2, 0) is 4.74 Å². The first-order valence-corrected chi connectivity index (χ1v) is 4.80. The van der Waals surface area contributed by atoms with Gasteiger partial charge in [0.2, 0.25) is 0 Å². The summed E-state index contributed by atoms with van der Waals surface area (Å²) in [5.74, 6) is 0. The van der Waals surface area contributed by atoms with Crippen LogP contribution in [0.25, 0.3) is 0 Å². The Kier molecular flexibility index (Phi) is 7.04. The zero-order valence-corrected chi connectivity index (χ0v) is 8.63. The topological polar surface area (TPSA) is 90.2 Å². The van der Waals surface area contributed by atoms with Gasteiger partial charge in [0.25, 0.3) is 0 Å². The number of aliphatic hydroxyl groups is 4. The maximum absolute atomic E-state index is 9.31. The molecule has 14 heavy (non-hydrogen) atoms. The van der Waals surface area contributed by atoms with Crippen molar-refractivity contribution in [2.75, 3.05) is 13.2 Å². The normalized spacial score (nSPS) is 20.1. The molecular formula is C9H20O5. The summed E-state index contributed by atoms with van der Waals surface area (Å²) in [6, 6.07) is 0. The molecule has 5 nitrogen and oxygen atoms in total. The van der Waals surface area contributed by atoms with Crippen LogP contribution < -0.4 is 0 Å². The molecule has 2 unspecified atom stereocenters. The molecule has 0 saturated heterocycles. The number of ether oxygens (including phenoxy) is 1. The maximum atomic E-state index is 9.31. The molecule has 0 amide bonds. The Morgan fingerprint density at radius 2 is 1.64 bits per heavy atom. The fraction of sp³-hybridized carbons (Fsp3) is 1.00. The van der Waals surface area contributed by atoms with E-state index < -0.39 is 31.0 Å². The van der Waals surface area contributed by atoms with Gasteiger partial charge in [-0.1, -0.05) is 6.92 Å². The van der Waals surface area contributed by atoms with Gasteiger partial charge in [-0.2, -0.15) is 0 Å². The van der Waals surface area contributed by atoms with Gasteiger partial charge >= 0.3 is 0 Å². The molecule has 0 aromatic carbocycles. The number of hydrogen-bond acceptors (Lipinski definition) is 5. The van der Waals surface area contributed by atoms with Gasteiger partial charge in [0.1, 0.15) is 12.2 Å². The van der Waals surface area contributed by atoms with Gasteiger partial charge in [0.05, 0.1) is 25.4 Å². The van der Waals surface area contributed by atoms with E-state index in [9.17, 15) is 10.2 Å². The first kappa shape index (κ1) is 13.8. The minimum Gasteiger partial charge on any atom is -0.394 e. The van der Waals surface area contributed by atoms with Crippen molar-refractivity contribution in [3.05, 3.63) is 0 Å². The Labute approximate surface area is 83.9 Å². The highest BCUT2D eigenvalue weighted by atomic mass is 16.5. The van der Waals surface area contributed by atoms with Gasteiger partial charge in [-0.3, -0.25) is 0 Å². The second-order valence-electron chi connectivity index (χ2n) is 3.29. The Morgan fingerprint density at radius 3 is 1.93 bits per heavy atom. The van der Waals surface area contributed by atoms with Crippen LogP contribution in [0, 0.1) is 0 Å². The molecular weight excluding hydrogens is 188 g/mol. The molecule has 5 heteroatoms. The lowest BCUT2D eigenvalue weighted by Crippen LogP contribution is -2.40. The average molecular weight is 208 g/mol. The van der Waals surface area contributed by atoms with Crippen LogP contribution in [0.2, 0.25) is 0 Å². The highest BCUT2D eigenvalue weighted by Gasteiger charge is 2.24. The van der Waals surface area contributed by atoms with Crippen LogP contribution in [0.4, 0.5) is 0 Å². The summed E-state index contributed by atoms with van der Waals surface area (Å²) in [6.07, 6.45) is -2.56. The van der Waals surface area contributed by atoms with Crippen LogP contribution in [0.1, 0.15) is 20.3 Å². The van der Waals surface area contributed by atoms with E-state index in [-0.39, 0.29) is 6.61 Å². The predicted octanol–water partition coefficient (Wildman–Crippen LogP) is -1.12. The fourth-order valence-corrected chi connectivity index (χ4v) is 1.11. The quantitative estimate of drug-likeness (QED) is 0.425. The summed E-state index contributed by atoms with van der Waals surface area (Å²) >= 11 is 0. The van der Waals surface area contributed by atoms with Gasteiger partial charge in [-0.15, -0.1) is 0 Å². The molecule has 0 rings (SSSR count). The third kappa shape index (κ3) is 4.34. The second kappa shape index (κ2) is 7.14. The molecule has 0 aromatic heterocycles. The zero-order valence-electron chi connectivity index (χ0n) is 8.63. The van der Waals surface area contributed by atoms with Crippen molar-refractivity contribution in [1.29, 1.82) is 0 Å². The molecule has 0 aromatic rings. The molecule has 0 aliphatic carbocycles. The third-order valence-corrected chi connectivity index (χ3v) is 2.09. The summed E-state index contributed by atoms with van der Waals surface area (Å²) in [4.78, 5) is 0. The highest BCUT2D eigenvalue weighted by Crippen LogP contribution is 2.10. The van der Waals surface area contributed by atoms with E-state index in [4.69, 9.17) is 14.9 Å². The molecule has 0 spiro atoms. The SMILES string of the molecule is CCC(OC(CO)[C@@H](C)O)[C@@H](O)CO. The highest BCUT2D eigenvalue weighted by molar-refractivity contribution is 4.71. The molecule has 0 saturated carbocycles. The van der Waals surface area contributed by atoms with Crippen molar-refractivity contribution in [2.24, 2.45) is 0 Å². The molecule has 86 valence electrons. The maximum Gasteiger partial charge on any atom is 0.107 e. The molecule has 4 atom stereocenters. The monoisotopic (exact) mass is 208 g/mol. The summed E-state index contributed by atoms with van der Waals surface area (Å²) in [7, 11) is 0. The first-order valence-electron chi connectivity index (χ1n) is 4.80. The number of rotatable bonds is 7. The Morgan fingerprint density at radius 1 is 1.07 bits per heavy atom. The van der Waals surface area contributed by atoms with Crippen LogP contribution in [-0.4, -0.2) is 58.1 Å². The van der Waals surface area contributed by atoms with Crippen molar-refractivity contribution < 1.29 is 25.2 Å². The molecule has 4 N–H and O–H groups in total. The van der Waals surface area contributed by atoms with Gasteiger partial charge < -0.3 is 25.2 Å². The molecule has 0 aliphatic rings. The van der Waals surface area contributed by atoms with E-state index in [1.165, 1.54) is 6.92 Å². The lowest BCUT2D eigenvalue weighted by molar-refractivity contribution is -0.135. The van der Waals surface area contributed by atoms with Gasteiger partial charge in [-0.05, 0) is 13.3 Å². The molecule has 0 aliphatic heterocycles. The molecule has 0 radical (unpaired) electrons. The van der Waals surface area contributed by atoms with Crippen LogP contribution in [0.15, 0.2) is 0 Å². The van der Waals surface area contributed by atoms with Crippen molar-refractivity contribution in [3.8, 4) is 0 Å². The van der Waals surface area contributed by atoms with E-state index in [2.05, 4.69) is 0 Å². The lowest BCUT2D eigenvalue weighted by atomic mass is 10.1. The van der Waals surface area contributed by atoms with Crippen LogP contribution in [0.3, 0.4) is 0 Å². The van der Waals surface area contributed by atoms with E-state index in [1.807, 2.05) is 0 Å². The Balaban J connectivity index is 4.13.